The third-order valence-electron chi connectivity index (χ3n) is 3.01. The van der Waals surface area contributed by atoms with Gasteiger partial charge in [0, 0.05) is 12.6 Å². The molecule has 0 amide bonds. The summed E-state index contributed by atoms with van der Waals surface area (Å²) < 4.78 is 0. The first kappa shape index (κ1) is 10.7. The normalized spacial score (nSPS) is 17.7. The predicted molar refractivity (Wildman–Crippen MR) is 61.7 cm³/mol. The third-order valence-corrected chi connectivity index (χ3v) is 3.01. The quantitative estimate of drug-likeness (QED) is 0.771. The topological polar surface area (TPSA) is 32.3 Å². The first-order valence-corrected chi connectivity index (χ1v) is 5.72. The van der Waals surface area contributed by atoms with E-state index in [0.29, 0.717) is 12.6 Å². The monoisotopic (exact) mass is 205 g/mol. The largest absolute Gasteiger partial charge is 0.395 e. The van der Waals surface area contributed by atoms with Gasteiger partial charge in [-0.05, 0) is 31.2 Å². The lowest BCUT2D eigenvalue weighted by molar-refractivity contribution is 0.280. The van der Waals surface area contributed by atoms with E-state index < -0.39 is 0 Å². The molecule has 0 saturated heterocycles. The second-order valence-electron chi connectivity index (χ2n) is 4.40. The van der Waals surface area contributed by atoms with Crippen molar-refractivity contribution in [1.29, 1.82) is 0 Å². The van der Waals surface area contributed by atoms with E-state index in [4.69, 9.17) is 5.11 Å². The highest BCUT2D eigenvalue weighted by Gasteiger charge is 2.31. The molecule has 2 N–H and O–H groups in total. The van der Waals surface area contributed by atoms with Crippen molar-refractivity contribution in [3.05, 3.63) is 35.4 Å². The Morgan fingerprint density at radius 3 is 2.53 bits per heavy atom. The number of hydrogen-bond acceptors (Lipinski definition) is 2. The Hall–Kier alpha value is -0.860. The minimum atomic E-state index is 0.217. The molecule has 1 atom stereocenters. The lowest BCUT2D eigenvalue weighted by Crippen LogP contribution is -2.25. The van der Waals surface area contributed by atoms with Crippen LogP contribution in [-0.2, 0) is 0 Å². The molecular weight excluding hydrogens is 186 g/mol. The van der Waals surface area contributed by atoms with Crippen LogP contribution in [0.25, 0.3) is 0 Å². The molecule has 1 aliphatic carbocycles. The van der Waals surface area contributed by atoms with Gasteiger partial charge in [0.1, 0.15) is 0 Å². The van der Waals surface area contributed by atoms with Crippen LogP contribution in [0, 0.1) is 12.8 Å². The van der Waals surface area contributed by atoms with Crippen molar-refractivity contribution in [2.45, 2.75) is 25.8 Å². The van der Waals surface area contributed by atoms with Crippen molar-refractivity contribution in [2.75, 3.05) is 13.2 Å². The number of aryl methyl sites for hydroxylation is 1. The molecule has 1 aromatic rings. The Labute approximate surface area is 91.3 Å². The summed E-state index contributed by atoms with van der Waals surface area (Å²) in [5.41, 5.74) is 2.66. The molecule has 0 spiro atoms. The molecule has 2 heteroatoms. The highest BCUT2D eigenvalue weighted by Crippen LogP contribution is 2.40. The van der Waals surface area contributed by atoms with Gasteiger partial charge in [-0.25, -0.2) is 0 Å². The summed E-state index contributed by atoms with van der Waals surface area (Å²) in [5, 5.41) is 12.3. The maximum absolute atomic E-state index is 8.85. The average molecular weight is 205 g/mol. The zero-order chi connectivity index (χ0) is 10.7. The van der Waals surface area contributed by atoms with Gasteiger partial charge in [0.15, 0.2) is 0 Å². The number of benzene rings is 1. The van der Waals surface area contributed by atoms with E-state index in [1.54, 1.807) is 0 Å². The Bertz CT molecular complexity index is 303. The molecule has 1 unspecified atom stereocenters. The van der Waals surface area contributed by atoms with Crippen molar-refractivity contribution >= 4 is 0 Å². The Morgan fingerprint density at radius 2 is 2.00 bits per heavy atom. The van der Waals surface area contributed by atoms with Crippen LogP contribution < -0.4 is 5.32 Å². The highest BCUT2D eigenvalue weighted by atomic mass is 16.3. The van der Waals surface area contributed by atoms with Crippen LogP contribution in [0.5, 0.6) is 0 Å². The number of rotatable bonds is 5. The fraction of sp³-hybridized carbons (Fsp3) is 0.538. The molecule has 0 aliphatic heterocycles. The van der Waals surface area contributed by atoms with E-state index in [1.165, 1.54) is 24.0 Å². The van der Waals surface area contributed by atoms with Crippen LogP contribution in [0.15, 0.2) is 24.3 Å². The SMILES string of the molecule is Cc1ccc(C(NCCO)C2CC2)cc1. The van der Waals surface area contributed by atoms with Crippen molar-refractivity contribution in [3.8, 4) is 0 Å². The van der Waals surface area contributed by atoms with Crippen molar-refractivity contribution in [2.24, 2.45) is 5.92 Å². The molecule has 0 radical (unpaired) electrons. The summed E-state index contributed by atoms with van der Waals surface area (Å²) in [6.07, 6.45) is 2.63. The van der Waals surface area contributed by atoms with E-state index in [0.717, 1.165) is 5.92 Å². The van der Waals surface area contributed by atoms with Crippen molar-refractivity contribution < 1.29 is 5.11 Å². The van der Waals surface area contributed by atoms with Gasteiger partial charge in [-0.15, -0.1) is 0 Å². The van der Waals surface area contributed by atoms with Gasteiger partial charge in [0.2, 0.25) is 0 Å². The number of nitrogens with one attached hydrogen (secondary N) is 1. The first-order chi connectivity index (χ1) is 7.31. The molecule has 15 heavy (non-hydrogen) atoms. The molecule has 1 fully saturated rings. The van der Waals surface area contributed by atoms with Crippen LogP contribution in [0.2, 0.25) is 0 Å². The molecule has 2 nitrogen and oxygen atoms in total. The molecule has 1 aliphatic rings. The van der Waals surface area contributed by atoms with Crippen LogP contribution in [0.4, 0.5) is 0 Å². The van der Waals surface area contributed by atoms with Crippen LogP contribution in [-0.4, -0.2) is 18.3 Å². The van der Waals surface area contributed by atoms with Gasteiger partial charge in [0.05, 0.1) is 6.61 Å². The number of aliphatic hydroxyl groups excluding tert-OH is 1. The van der Waals surface area contributed by atoms with Crippen molar-refractivity contribution in [3.63, 3.8) is 0 Å². The summed E-state index contributed by atoms with van der Waals surface area (Å²) in [7, 11) is 0. The van der Waals surface area contributed by atoms with Gasteiger partial charge in [-0.2, -0.15) is 0 Å². The van der Waals surface area contributed by atoms with Crippen LogP contribution in [0.3, 0.4) is 0 Å². The molecular formula is C13H19NO. The fourth-order valence-electron chi connectivity index (χ4n) is 1.98. The second kappa shape index (κ2) is 4.77. The van der Waals surface area contributed by atoms with Gasteiger partial charge < -0.3 is 10.4 Å². The number of aliphatic hydroxyl groups is 1. The molecule has 2 rings (SSSR count). The van der Waals surface area contributed by atoms with E-state index in [9.17, 15) is 0 Å². The summed E-state index contributed by atoms with van der Waals surface area (Å²) in [6, 6.07) is 9.15. The second-order valence-corrected chi connectivity index (χ2v) is 4.40. The fourth-order valence-corrected chi connectivity index (χ4v) is 1.98. The minimum Gasteiger partial charge on any atom is -0.395 e. The van der Waals surface area contributed by atoms with E-state index >= 15 is 0 Å². The van der Waals surface area contributed by atoms with E-state index in [1.807, 2.05) is 0 Å². The molecule has 0 bridgehead atoms. The van der Waals surface area contributed by atoms with E-state index in [-0.39, 0.29) is 6.61 Å². The molecule has 82 valence electrons. The molecule has 1 aromatic carbocycles. The van der Waals surface area contributed by atoms with Crippen LogP contribution >= 0.6 is 0 Å². The van der Waals surface area contributed by atoms with Gasteiger partial charge in [-0.1, -0.05) is 29.8 Å². The Morgan fingerprint density at radius 1 is 1.33 bits per heavy atom. The number of hydrogen-bond donors (Lipinski definition) is 2. The average Bonchev–Trinajstić information content (AvgIpc) is 3.05. The molecule has 0 aromatic heterocycles. The van der Waals surface area contributed by atoms with Gasteiger partial charge >= 0.3 is 0 Å². The zero-order valence-electron chi connectivity index (χ0n) is 9.24. The molecule has 1 saturated carbocycles. The Balaban J connectivity index is 2.06. The summed E-state index contributed by atoms with van der Waals surface area (Å²) >= 11 is 0. The molecule has 0 heterocycles. The maximum atomic E-state index is 8.85. The third kappa shape index (κ3) is 2.80. The maximum Gasteiger partial charge on any atom is 0.0556 e. The van der Waals surface area contributed by atoms with Crippen molar-refractivity contribution in [1.82, 2.24) is 5.32 Å². The summed E-state index contributed by atoms with van der Waals surface area (Å²) in [6.45, 7) is 3.02. The highest BCUT2D eigenvalue weighted by molar-refractivity contribution is 5.25. The standard InChI is InChI=1S/C13H19NO/c1-10-2-4-11(5-3-10)13(12-6-7-12)14-8-9-15/h2-5,12-15H,6-9H2,1H3. The first-order valence-electron chi connectivity index (χ1n) is 5.72. The zero-order valence-corrected chi connectivity index (χ0v) is 9.24. The van der Waals surface area contributed by atoms with Crippen LogP contribution in [0.1, 0.15) is 30.0 Å². The summed E-state index contributed by atoms with van der Waals surface area (Å²) in [4.78, 5) is 0. The van der Waals surface area contributed by atoms with Gasteiger partial charge in [0.25, 0.3) is 0 Å². The smallest absolute Gasteiger partial charge is 0.0556 e. The lowest BCUT2D eigenvalue weighted by Gasteiger charge is -2.18. The minimum absolute atomic E-state index is 0.217. The predicted octanol–water partition coefficient (Wildman–Crippen LogP) is 2.03. The van der Waals surface area contributed by atoms with E-state index in [2.05, 4.69) is 36.5 Å². The summed E-state index contributed by atoms with van der Waals surface area (Å²) in [5.74, 6) is 0.777. The van der Waals surface area contributed by atoms with Gasteiger partial charge in [-0.3, -0.25) is 0 Å². The Kier molecular flexibility index (Phi) is 3.39. The lowest BCUT2D eigenvalue weighted by atomic mass is 10.0.